The number of carbonyl (C=O) groups excluding carboxylic acids is 1. The first kappa shape index (κ1) is 29.3. The Morgan fingerprint density at radius 2 is 1.80 bits per heavy atom. The summed E-state index contributed by atoms with van der Waals surface area (Å²) in [7, 11) is 4.27. The first-order chi connectivity index (χ1) is 19.4. The fourth-order valence-corrected chi connectivity index (χ4v) is 6.96. The number of aromatic amines is 1. The molecule has 2 aliphatic rings. The summed E-state index contributed by atoms with van der Waals surface area (Å²) in [4.78, 5) is 32.3. The molecular weight excluding hydrogens is 540 g/mol. The van der Waals surface area contributed by atoms with Gasteiger partial charge in [-0.05, 0) is 85.9 Å². The predicted molar refractivity (Wildman–Crippen MR) is 160 cm³/mol. The minimum Gasteiger partial charge on any atom is -0.448 e. The van der Waals surface area contributed by atoms with Gasteiger partial charge in [0.15, 0.2) is 11.5 Å². The van der Waals surface area contributed by atoms with Gasteiger partial charge in [0, 0.05) is 58.3 Å². The first-order valence-corrected chi connectivity index (χ1v) is 15.4. The highest BCUT2D eigenvalue weighted by Gasteiger charge is 2.48. The molecule has 1 atom stereocenters. The van der Waals surface area contributed by atoms with Crippen LogP contribution in [0.2, 0.25) is 0 Å². The number of hydrogen-bond acceptors (Lipinski definition) is 8. The maximum absolute atomic E-state index is 13.7. The summed E-state index contributed by atoms with van der Waals surface area (Å²) in [5.41, 5.74) is 4.48. The van der Waals surface area contributed by atoms with E-state index in [2.05, 4.69) is 34.5 Å². The van der Waals surface area contributed by atoms with Crippen LogP contribution >= 0.6 is 11.8 Å². The molecule has 0 bridgehead atoms. The van der Waals surface area contributed by atoms with Crippen LogP contribution in [0.15, 0.2) is 26.3 Å². The molecule has 41 heavy (non-hydrogen) atoms. The number of amides is 1. The summed E-state index contributed by atoms with van der Waals surface area (Å²) in [5.74, 6) is 0.885. The van der Waals surface area contributed by atoms with Crippen molar-refractivity contribution >= 4 is 17.7 Å². The van der Waals surface area contributed by atoms with E-state index in [0.29, 0.717) is 45.7 Å². The van der Waals surface area contributed by atoms with Crippen molar-refractivity contribution in [3.05, 3.63) is 56.3 Å². The van der Waals surface area contributed by atoms with Crippen LogP contribution in [-0.4, -0.2) is 53.1 Å². The van der Waals surface area contributed by atoms with Crippen molar-refractivity contribution in [1.29, 1.82) is 0 Å². The molecule has 3 aromatic rings. The third-order valence-corrected chi connectivity index (χ3v) is 9.49. The Hall–Kier alpha value is -3.24. The number of nitrogens with zero attached hydrogens (tertiary/aromatic N) is 2. The monoisotopic (exact) mass is 580 g/mol. The maximum atomic E-state index is 13.7. The molecule has 9 nitrogen and oxygen atoms in total. The molecule has 3 heterocycles. The van der Waals surface area contributed by atoms with E-state index in [-0.39, 0.29) is 23.9 Å². The van der Waals surface area contributed by atoms with E-state index < -0.39 is 5.79 Å². The Kier molecular flexibility index (Phi) is 8.00. The van der Waals surface area contributed by atoms with Gasteiger partial charge in [0.05, 0.1) is 11.3 Å². The fourth-order valence-electron chi connectivity index (χ4n) is 6.26. The third-order valence-electron chi connectivity index (χ3n) is 8.68. The van der Waals surface area contributed by atoms with Gasteiger partial charge in [0.25, 0.3) is 17.3 Å². The van der Waals surface area contributed by atoms with Crippen LogP contribution in [0.25, 0.3) is 11.1 Å². The fraction of sp³-hybridized carbons (Fsp3) is 0.516. The van der Waals surface area contributed by atoms with Crippen LogP contribution in [0.5, 0.6) is 11.5 Å². The second kappa shape index (κ2) is 11.2. The van der Waals surface area contributed by atoms with Crippen LogP contribution in [0.1, 0.15) is 71.2 Å². The minimum absolute atomic E-state index is 0.103. The summed E-state index contributed by atoms with van der Waals surface area (Å²) in [5, 5.41) is 7.13. The average molecular weight is 581 g/mol. The summed E-state index contributed by atoms with van der Waals surface area (Å²) in [6, 6.07) is 4.31. The number of rotatable bonds is 7. The number of carbonyl (C=O) groups is 1. The molecule has 220 valence electrons. The Bertz CT molecular complexity index is 1520. The third kappa shape index (κ3) is 5.39. The summed E-state index contributed by atoms with van der Waals surface area (Å²) >= 11 is 1.48. The number of pyridine rings is 1. The Morgan fingerprint density at radius 1 is 1.12 bits per heavy atom. The molecule has 2 N–H and O–H groups in total. The quantitative estimate of drug-likeness (QED) is 0.352. The number of fused-ring (bicyclic) bond motifs is 1. The number of aromatic nitrogens is 2. The molecule has 1 aliphatic carbocycles. The van der Waals surface area contributed by atoms with Crippen LogP contribution < -0.4 is 20.3 Å². The second-order valence-corrected chi connectivity index (χ2v) is 12.5. The Morgan fingerprint density at radius 3 is 2.41 bits per heavy atom. The first-order valence-electron chi connectivity index (χ1n) is 14.1. The zero-order chi connectivity index (χ0) is 29.6. The summed E-state index contributed by atoms with van der Waals surface area (Å²) < 4.78 is 18.9. The molecule has 0 radical (unpaired) electrons. The molecule has 10 heteroatoms. The molecule has 0 spiro atoms. The van der Waals surface area contributed by atoms with Crippen molar-refractivity contribution < 1.29 is 18.8 Å². The lowest BCUT2D eigenvalue weighted by atomic mass is 9.81. The normalized spacial score (nSPS) is 21.9. The molecule has 2 aromatic heterocycles. The SMILES string of the molecule is CSc1cc(C)[nH]c(=O)c1CNC(=O)c1cc(-c2c(C)noc2C)c2c(c1C)OC(C)([C@H]1CC[C@H](N(C)C)CC1)O2. The number of ether oxygens (including phenoxy) is 2. The van der Waals surface area contributed by atoms with E-state index >= 15 is 0 Å². The average Bonchev–Trinajstić information content (AvgIpc) is 3.47. The number of thioether (sulfide) groups is 1. The predicted octanol–water partition coefficient (Wildman–Crippen LogP) is 5.52. The van der Waals surface area contributed by atoms with Crippen molar-refractivity contribution in [3.8, 4) is 22.6 Å². The van der Waals surface area contributed by atoms with Gasteiger partial charge >= 0.3 is 0 Å². The van der Waals surface area contributed by atoms with Crippen LogP contribution in [0.3, 0.4) is 0 Å². The smallest absolute Gasteiger partial charge is 0.254 e. The lowest BCUT2D eigenvalue weighted by Crippen LogP contribution is -2.46. The Labute approximate surface area is 245 Å². The van der Waals surface area contributed by atoms with Crippen LogP contribution in [0, 0.1) is 33.6 Å². The van der Waals surface area contributed by atoms with Gasteiger partial charge in [-0.2, -0.15) is 0 Å². The van der Waals surface area contributed by atoms with E-state index in [0.717, 1.165) is 47.4 Å². The van der Waals surface area contributed by atoms with E-state index in [9.17, 15) is 9.59 Å². The van der Waals surface area contributed by atoms with Gasteiger partial charge in [0.1, 0.15) is 5.76 Å². The standard InChI is InChI=1S/C31H40N4O5S/c1-16-13-25(41-8)24(30(37)33-16)15-32-29(36)22-14-23(26-18(3)34-40-19(26)4)28-27(17(22)2)38-31(5,39-28)20-9-11-21(12-10-20)35(6)7/h13-14,20-21H,9-12,15H2,1-8H3,(H,32,36)(H,33,37)/t20-,21-,31?. The second-order valence-electron chi connectivity index (χ2n) is 11.7. The number of benzene rings is 1. The van der Waals surface area contributed by atoms with Crippen molar-refractivity contribution in [2.75, 3.05) is 20.4 Å². The lowest BCUT2D eigenvalue weighted by Gasteiger charge is -2.39. The number of hydrogen-bond donors (Lipinski definition) is 2. The molecule has 1 fully saturated rings. The zero-order valence-corrected chi connectivity index (χ0v) is 26.0. The van der Waals surface area contributed by atoms with Gasteiger partial charge in [-0.1, -0.05) is 5.16 Å². The van der Waals surface area contributed by atoms with Gasteiger partial charge in [-0.3, -0.25) is 9.59 Å². The lowest BCUT2D eigenvalue weighted by molar-refractivity contribution is -0.123. The van der Waals surface area contributed by atoms with Gasteiger partial charge in [0.2, 0.25) is 0 Å². The van der Waals surface area contributed by atoms with Crippen molar-refractivity contribution in [1.82, 2.24) is 20.4 Å². The van der Waals surface area contributed by atoms with Crippen LogP contribution in [-0.2, 0) is 6.54 Å². The molecule has 1 saturated carbocycles. The summed E-state index contributed by atoms with van der Waals surface area (Å²) in [6.07, 6.45) is 6.06. The van der Waals surface area contributed by atoms with Crippen molar-refractivity contribution in [2.45, 2.75) is 83.6 Å². The van der Waals surface area contributed by atoms with Crippen molar-refractivity contribution in [2.24, 2.45) is 5.92 Å². The van der Waals surface area contributed by atoms with E-state index in [1.807, 2.05) is 53.0 Å². The zero-order valence-electron chi connectivity index (χ0n) is 25.2. The van der Waals surface area contributed by atoms with E-state index in [1.54, 1.807) is 0 Å². The molecule has 1 unspecified atom stereocenters. The minimum atomic E-state index is -0.852. The van der Waals surface area contributed by atoms with E-state index in [1.165, 1.54) is 11.8 Å². The largest absolute Gasteiger partial charge is 0.448 e. The van der Waals surface area contributed by atoms with Crippen LogP contribution in [0.4, 0.5) is 0 Å². The summed E-state index contributed by atoms with van der Waals surface area (Å²) in [6.45, 7) is 9.57. The number of nitrogens with one attached hydrogen (secondary N) is 2. The van der Waals surface area contributed by atoms with Gasteiger partial charge in [-0.15, -0.1) is 11.8 Å². The Balaban J connectivity index is 1.50. The molecule has 5 rings (SSSR count). The van der Waals surface area contributed by atoms with Gasteiger partial charge in [-0.25, -0.2) is 0 Å². The number of aryl methyl sites for hydroxylation is 3. The highest BCUT2D eigenvalue weighted by atomic mass is 32.2. The maximum Gasteiger partial charge on any atom is 0.254 e. The van der Waals surface area contributed by atoms with E-state index in [4.69, 9.17) is 14.0 Å². The highest BCUT2D eigenvalue weighted by molar-refractivity contribution is 7.98. The molecule has 1 amide bonds. The molecular formula is C31H40N4O5S. The molecule has 1 aromatic carbocycles. The highest BCUT2D eigenvalue weighted by Crippen LogP contribution is 2.53. The van der Waals surface area contributed by atoms with Crippen molar-refractivity contribution in [3.63, 3.8) is 0 Å². The molecule has 0 saturated heterocycles. The number of H-pyrrole nitrogens is 1. The topological polar surface area (TPSA) is 110 Å². The van der Waals surface area contributed by atoms with Gasteiger partial charge < -0.3 is 29.2 Å². The molecule has 1 aliphatic heterocycles.